The average Bonchev–Trinajstić information content (AvgIpc) is 2.85. The zero-order valence-electron chi connectivity index (χ0n) is 9.10. The van der Waals surface area contributed by atoms with E-state index in [1.54, 1.807) is 4.68 Å². The molecule has 1 atom stereocenters. The minimum Gasteiger partial charge on any atom is -0.391 e. The Morgan fingerprint density at radius 3 is 2.82 bits per heavy atom. The lowest BCUT2D eigenvalue weighted by molar-refractivity contribution is 0.208. The van der Waals surface area contributed by atoms with Gasteiger partial charge < -0.3 is 10.8 Å². The van der Waals surface area contributed by atoms with Gasteiger partial charge in [0.1, 0.15) is 0 Å². The summed E-state index contributed by atoms with van der Waals surface area (Å²) >= 11 is 1.38. The molecule has 0 unspecified atom stereocenters. The number of aromatic nitrogens is 4. The van der Waals surface area contributed by atoms with Gasteiger partial charge in [-0.3, -0.25) is 0 Å². The molecule has 90 valence electrons. The lowest BCUT2D eigenvalue weighted by Crippen LogP contribution is -2.22. The molecule has 0 spiro atoms. The molecule has 0 bridgehead atoms. The van der Waals surface area contributed by atoms with Crippen molar-refractivity contribution in [2.75, 3.05) is 12.3 Å². The van der Waals surface area contributed by atoms with Gasteiger partial charge in [-0.05, 0) is 22.6 Å². The van der Waals surface area contributed by atoms with Crippen molar-refractivity contribution >= 4 is 11.8 Å². The fourth-order valence-electron chi connectivity index (χ4n) is 1.24. The van der Waals surface area contributed by atoms with E-state index in [1.165, 1.54) is 11.8 Å². The molecule has 0 amide bonds. The van der Waals surface area contributed by atoms with Crippen molar-refractivity contribution in [2.45, 2.75) is 11.3 Å². The van der Waals surface area contributed by atoms with Crippen LogP contribution in [0, 0.1) is 0 Å². The van der Waals surface area contributed by atoms with Crippen LogP contribution in [-0.4, -0.2) is 43.7 Å². The first-order valence-corrected chi connectivity index (χ1v) is 6.14. The number of nitrogens with two attached hydrogens (primary N) is 1. The Labute approximate surface area is 103 Å². The van der Waals surface area contributed by atoms with Gasteiger partial charge in [-0.1, -0.05) is 30.0 Å². The number of aliphatic hydroxyl groups excluding tert-OH is 1. The van der Waals surface area contributed by atoms with Crippen molar-refractivity contribution in [1.82, 2.24) is 20.2 Å². The normalized spacial score (nSPS) is 12.6. The quantitative estimate of drug-likeness (QED) is 0.731. The van der Waals surface area contributed by atoms with Crippen molar-refractivity contribution in [3.63, 3.8) is 0 Å². The van der Waals surface area contributed by atoms with Gasteiger partial charge >= 0.3 is 0 Å². The Bertz CT molecular complexity index is 461. The summed E-state index contributed by atoms with van der Waals surface area (Å²) in [5.74, 6) is 0.476. The van der Waals surface area contributed by atoms with E-state index in [1.807, 2.05) is 30.3 Å². The zero-order valence-corrected chi connectivity index (χ0v) is 9.92. The van der Waals surface area contributed by atoms with E-state index in [0.29, 0.717) is 10.9 Å². The number of aliphatic hydroxyl groups is 1. The summed E-state index contributed by atoms with van der Waals surface area (Å²) in [6.07, 6.45) is -0.541. The van der Waals surface area contributed by atoms with Crippen LogP contribution in [0.1, 0.15) is 0 Å². The van der Waals surface area contributed by atoms with E-state index in [2.05, 4.69) is 15.5 Å². The van der Waals surface area contributed by atoms with Crippen molar-refractivity contribution in [3.8, 4) is 5.69 Å². The minimum absolute atomic E-state index is 0.236. The second-order valence-corrected chi connectivity index (χ2v) is 4.40. The highest BCUT2D eigenvalue weighted by atomic mass is 32.2. The molecule has 0 fully saturated rings. The maximum Gasteiger partial charge on any atom is 0.214 e. The highest BCUT2D eigenvalue weighted by Crippen LogP contribution is 2.18. The van der Waals surface area contributed by atoms with Crippen LogP contribution in [0.4, 0.5) is 0 Å². The summed E-state index contributed by atoms with van der Waals surface area (Å²) in [6.45, 7) is 0.236. The molecule has 1 heterocycles. The SMILES string of the molecule is NC[C@@H](O)CSc1nnnn1-c1ccccc1. The van der Waals surface area contributed by atoms with Crippen LogP contribution in [0.25, 0.3) is 5.69 Å². The molecule has 2 aromatic rings. The maximum absolute atomic E-state index is 9.39. The molecule has 3 N–H and O–H groups in total. The summed E-state index contributed by atoms with van der Waals surface area (Å²) in [4.78, 5) is 0. The summed E-state index contributed by atoms with van der Waals surface area (Å²) in [6, 6.07) is 9.60. The van der Waals surface area contributed by atoms with Crippen molar-refractivity contribution in [1.29, 1.82) is 0 Å². The summed E-state index contributed by atoms with van der Waals surface area (Å²) in [7, 11) is 0. The summed E-state index contributed by atoms with van der Waals surface area (Å²) < 4.78 is 1.63. The number of hydrogen-bond acceptors (Lipinski definition) is 6. The number of hydrogen-bond donors (Lipinski definition) is 2. The molecule has 1 aromatic heterocycles. The Morgan fingerprint density at radius 2 is 2.12 bits per heavy atom. The lowest BCUT2D eigenvalue weighted by Gasteiger charge is -2.06. The Balaban J connectivity index is 2.12. The lowest BCUT2D eigenvalue weighted by atomic mass is 10.3. The van der Waals surface area contributed by atoms with Gasteiger partial charge in [0.15, 0.2) is 0 Å². The van der Waals surface area contributed by atoms with Gasteiger partial charge in [-0.25, -0.2) is 0 Å². The van der Waals surface area contributed by atoms with Gasteiger partial charge in [-0.15, -0.1) is 5.10 Å². The van der Waals surface area contributed by atoms with Crippen LogP contribution < -0.4 is 5.73 Å². The highest BCUT2D eigenvalue weighted by Gasteiger charge is 2.10. The fourth-order valence-corrected chi connectivity index (χ4v) is 2.07. The molecule has 7 heteroatoms. The third-order valence-corrected chi connectivity index (χ3v) is 3.18. The van der Waals surface area contributed by atoms with E-state index < -0.39 is 6.10 Å². The van der Waals surface area contributed by atoms with E-state index in [-0.39, 0.29) is 6.54 Å². The van der Waals surface area contributed by atoms with Crippen LogP contribution >= 0.6 is 11.8 Å². The van der Waals surface area contributed by atoms with Crippen molar-refractivity contribution in [3.05, 3.63) is 30.3 Å². The number of thioether (sulfide) groups is 1. The first kappa shape index (κ1) is 12.0. The smallest absolute Gasteiger partial charge is 0.214 e. The number of para-hydroxylation sites is 1. The molecular weight excluding hydrogens is 238 g/mol. The van der Waals surface area contributed by atoms with Crippen LogP contribution in [0.5, 0.6) is 0 Å². The third-order valence-electron chi connectivity index (χ3n) is 2.12. The number of tetrazole rings is 1. The molecule has 0 radical (unpaired) electrons. The largest absolute Gasteiger partial charge is 0.391 e. The molecule has 2 rings (SSSR count). The van der Waals surface area contributed by atoms with Gasteiger partial charge in [0.25, 0.3) is 0 Å². The Hall–Kier alpha value is -1.44. The van der Waals surface area contributed by atoms with Crippen LogP contribution in [0.2, 0.25) is 0 Å². The maximum atomic E-state index is 9.39. The average molecular weight is 251 g/mol. The molecule has 0 aliphatic heterocycles. The predicted molar refractivity (Wildman–Crippen MR) is 64.9 cm³/mol. The first-order valence-electron chi connectivity index (χ1n) is 5.16. The molecule has 1 aromatic carbocycles. The monoisotopic (exact) mass is 251 g/mol. The second-order valence-electron chi connectivity index (χ2n) is 3.41. The standard InChI is InChI=1S/C10H13N5OS/c11-6-9(16)7-17-10-12-13-14-15(10)8-4-2-1-3-5-8/h1-5,9,16H,6-7,11H2/t9-/m1/s1. The second kappa shape index (κ2) is 5.76. The zero-order chi connectivity index (χ0) is 12.1. The Morgan fingerprint density at radius 1 is 1.35 bits per heavy atom. The van der Waals surface area contributed by atoms with E-state index >= 15 is 0 Å². The van der Waals surface area contributed by atoms with Gasteiger partial charge in [0.2, 0.25) is 5.16 Å². The van der Waals surface area contributed by atoms with E-state index in [0.717, 1.165) is 5.69 Å². The number of benzene rings is 1. The molecule has 6 nitrogen and oxygen atoms in total. The highest BCUT2D eigenvalue weighted by molar-refractivity contribution is 7.99. The first-order chi connectivity index (χ1) is 8.31. The molecule has 0 aliphatic carbocycles. The number of rotatable bonds is 5. The fraction of sp³-hybridized carbons (Fsp3) is 0.300. The van der Waals surface area contributed by atoms with Crippen LogP contribution in [0.15, 0.2) is 35.5 Å². The van der Waals surface area contributed by atoms with Crippen LogP contribution in [-0.2, 0) is 0 Å². The van der Waals surface area contributed by atoms with Gasteiger partial charge in [-0.2, -0.15) is 4.68 Å². The van der Waals surface area contributed by atoms with E-state index in [4.69, 9.17) is 5.73 Å². The Kier molecular flexibility index (Phi) is 4.08. The predicted octanol–water partition coefficient (Wildman–Crippen LogP) is 0.0740. The summed E-state index contributed by atoms with van der Waals surface area (Å²) in [5, 5.41) is 21.5. The number of nitrogens with zero attached hydrogens (tertiary/aromatic N) is 4. The van der Waals surface area contributed by atoms with Crippen molar-refractivity contribution in [2.24, 2.45) is 5.73 Å². The van der Waals surface area contributed by atoms with E-state index in [9.17, 15) is 5.11 Å². The van der Waals surface area contributed by atoms with Crippen molar-refractivity contribution < 1.29 is 5.11 Å². The molecule has 0 saturated heterocycles. The minimum atomic E-state index is -0.541. The molecule has 0 aliphatic rings. The van der Waals surface area contributed by atoms with Crippen LogP contribution in [0.3, 0.4) is 0 Å². The summed E-state index contributed by atoms with van der Waals surface area (Å²) in [5.41, 5.74) is 6.23. The van der Waals surface area contributed by atoms with Gasteiger partial charge in [0.05, 0.1) is 11.8 Å². The molecule has 0 saturated carbocycles. The van der Waals surface area contributed by atoms with Gasteiger partial charge in [0, 0.05) is 12.3 Å². The molecular formula is C10H13N5OS. The topological polar surface area (TPSA) is 89.8 Å². The third kappa shape index (κ3) is 3.02. The molecule has 17 heavy (non-hydrogen) atoms.